The molecule has 0 atom stereocenters. The Morgan fingerprint density at radius 1 is 0.929 bits per heavy atom. The first-order valence-corrected chi connectivity index (χ1v) is 9.92. The molecule has 1 saturated heterocycles. The highest BCUT2D eigenvalue weighted by molar-refractivity contribution is 7.71. The molecule has 28 heavy (non-hydrogen) atoms. The van der Waals surface area contributed by atoms with Gasteiger partial charge in [-0.05, 0) is 29.9 Å². The molecule has 1 fully saturated rings. The second-order valence-electron chi connectivity index (χ2n) is 6.98. The third kappa shape index (κ3) is 4.16. The first-order valence-electron chi connectivity index (χ1n) is 9.51. The summed E-state index contributed by atoms with van der Waals surface area (Å²) in [4.78, 5) is 4.90. The van der Waals surface area contributed by atoms with Crippen molar-refractivity contribution in [3.8, 4) is 11.4 Å². The zero-order chi connectivity index (χ0) is 19.3. The lowest BCUT2D eigenvalue weighted by Gasteiger charge is -2.34. The number of hydrogen-bond acceptors (Lipinski definition) is 5. The maximum atomic E-state index is 5.66. The van der Waals surface area contributed by atoms with E-state index in [1.165, 1.54) is 5.56 Å². The molecule has 1 aliphatic rings. The fraction of sp³-hybridized carbons (Fsp3) is 0.333. The Kier molecular flexibility index (Phi) is 5.85. The Morgan fingerprint density at radius 3 is 2.36 bits per heavy atom. The van der Waals surface area contributed by atoms with E-state index in [1.807, 2.05) is 33.5 Å². The highest BCUT2D eigenvalue weighted by Crippen LogP contribution is 2.22. The van der Waals surface area contributed by atoms with Gasteiger partial charge < -0.3 is 4.74 Å². The molecule has 4 rings (SSSR count). The van der Waals surface area contributed by atoms with Gasteiger partial charge in [-0.15, -0.1) is 0 Å². The van der Waals surface area contributed by atoms with Crippen LogP contribution in [0.3, 0.4) is 0 Å². The van der Waals surface area contributed by atoms with E-state index in [4.69, 9.17) is 17.0 Å². The van der Waals surface area contributed by atoms with Gasteiger partial charge in [-0.1, -0.05) is 42.5 Å². The van der Waals surface area contributed by atoms with Crippen molar-refractivity contribution in [3.63, 3.8) is 0 Å². The summed E-state index contributed by atoms with van der Waals surface area (Å²) >= 11 is 5.66. The lowest BCUT2D eigenvalue weighted by molar-refractivity contribution is 0.0981. The second kappa shape index (κ2) is 8.68. The highest BCUT2D eigenvalue weighted by atomic mass is 32.1. The molecule has 0 radical (unpaired) electrons. The molecule has 3 aromatic rings. The van der Waals surface area contributed by atoms with Crippen LogP contribution >= 0.6 is 12.2 Å². The molecule has 2 heterocycles. The number of ether oxygens (including phenoxy) is 1. The number of para-hydroxylation sites is 2. The standard InChI is InChI=1S/C21H25N5OS/c1-27-20-10-6-5-9-19(20)25-16-22-26(21(25)28)17-24-13-11-23(12-14-24)15-18-7-3-2-4-8-18/h2-10,16H,11-15,17H2,1H3. The average molecular weight is 396 g/mol. The van der Waals surface area contributed by atoms with Crippen molar-refractivity contribution in [1.29, 1.82) is 0 Å². The first kappa shape index (κ1) is 18.9. The summed E-state index contributed by atoms with van der Waals surface area (Å²) in [6.07, 6.45) is 1.77. The topological polar surface area (TPSA) is 38.5 Å². The van der Waals surface area contributed by atoms with Gasteiger partial charge in [0.2, 0.25) is 4.77 Å². The Balaban J connectivity index is 1.38. The summed E-state index contributed by atoms with van der Waals surface area (Å²) < 4.78 is 9.92. The van der Waals surface area contributed by atoms with E-state index in [0.29, 0.717) is 11.4 Å². The maximum absolute atomic E-state index is 5.66. The van der Waals surface area contributed by atoms with Crippen LogP contribution in [0.4, 0.5) is 0 Å². The van der Waals surface area contributed by atoms with Crippen molar-refractivity contribution in [1.82, 2.24) is 24.1 Å². The van der Waals surface area contributed by atoms with Crippen LogP contribution in [0.25, 0.3) is 5.69 Å². The monoisotopic (exact) mass is 395 g/mol. The van der Waals surface area contributed by atoms with Gasteiger partial charge in [0, 0.05) is 32.7 Å². The second-order valence-corrected chi connectivity index (χ2v) is 7.34. The van der Waals surface area contributed by atoms with E-state index in [1.54, 1.807) is 13.4 Å². The van der Waals surface area contributed by atoms with Crippen LogP contribution in [-0.2, 0) is 13.2 Å². The minimum absolute atomic E-state index is 0.677. The van der Waals surface area contributed by atoms with Crippen LogP contribution in [0, 0.1) is 4.77 Å². The molecule has 0 aliphatic carbocycles. The number of hydrogen-bond donors (Lipinski definition) is 0. The van der Waals surface area contributed by atoms with E-state index in [9.17, 15) is 0 Å². The predicted molar refractivity (Wildman–Crippen MR) is 112 cm³/mol. The Bertz CT molecular complexity index is 960. The smallest absolute Gasteiger partial charge is 0.203 e. The predicted octanol–water partition coefficient (Wildman–Crippen LogP) is 3.19. The largest absolute Gasteiger partial charge is 0.495 e. The molecule has 2 aromatic carbocycles. The van der Waals surface area contributed by atoms with Crippen molar-refractivity contribution in [2.45, 2.75) is 13.2 Å². The van der Waals surface area contributed by atoms with Gasteiger partial charge in [-0.2, -0.15) is 5.10 Å². The van der Waals surface area contributed by atoms with Crippen LogP contribution in [0.2, 0.25) is 0 Å². The van der Waals surface area contributed by atoms with Crippen molar-refractivity contribution in [2.75, 3.05) is 33.3 Å². The number of benzene rings is 2. The highest BCUT2D eigenvalue weighted by Gasteiger charge is 2.18. The van der Waals surface area contributed by atoms with Crippen molar-refractivity contribution in [3.05, 3.63) is 71.3 Å². The van der Waals surface area contributed by atoms with Gasteiger partial charge in [0.1, 0.15) is 12.1 Å². The van der Waals surface area contributed by atoms with Crippen LogP contribution in [0.1, 0.15) is 5.56 Å². The molecule has 0 N–H and O–H groups in total. The van der Waals surface area contributed by atoms with Crippen molar-refractivity contribution >= 4 is 12.2 Å². The molecule has 6 nitrogen and oxygen atoms in total. The van der Waals surface area contributed by atoms with Crippen LogP contribution in [-0.4, -0.2) is 57.4 Å². The quantitative estimate of drug-likeness (QED) is 0.600. The minimum Gasteiger partial charge on any atom is -0.495 e. The van der Waals surface area contributed by atoms with Crippen LogP contribution in [0.15, 0.2) is 60.9 Å². The Hall–Kier alpha value is -2.48. The van der Waals surface area contributed by atoms with Gasteiger partial charge in [0.25, 0.3) is 0 Å². The number of methoxy groups -OCH3 is 1. The number of nitrogens with zero attached hydrogens (tertiary/aromatic N) is 5. The molecule has 0 unspecified atom stereocenters. The minimum atomic E-state index is 0.677. The van der Waals surface area contributed by atoms with Gasteiger partial charge in [0.05, 0.1) is 19.5 Å². The average Bonchev–Trinajstić information content (AvgIpc) is 3.10. The summed E-state index contributed by atoms with van der Waals surface area (Å²) in [5.41, 5.74) is 2.28. The third-order valence-electron chi connectivity index (χ3n) is 5.13. The molecule has 0 saturated carbocycles. The summed E-state index contributed by atoms with van der Waals surface area (Å²) in [6.45, 7) is 5.84. The van der Waals surface area contributed by atoms with Gasteiger partial charge in [-0.25, -0.2) is 4.68 Å². The van der Waals surface area contributed by atoms with Crippen molar-refractivity contribution in [2.24, 2.45) is 0 Å². The lowest BCUT2D eigenvalue weighted by Crippen LogP contribution is -2.46. The summed E-state index contributed by atoms with van der Waals surface area (Å²) in [5.74, 6) is 0.785. The summed E-state index contributed by atoms with van der Waals surface area (Å²) in [5, 5.41) is 4.51. The Labute approximate surface area is 170 Å². The number of aromatic nitrogens is 3. The van der Waals surface area contributed by atoms with E-state index in [-0.39, 0.29) is 0 Å². The SMILES string of the molecule is COc1ccccc1-n1cnn(CN2CCN(Cc3ccccc3)CC2)c1=S. The molecular formula is C21H25N5OS. The van der Waals surface area contributed by atoms with E-state index < -0.39 is 0 Å². The summed E-state index contributed by atoms with van der Waals surface area (Å²) in [7, 11) is 1.67. The number of piperazine rings is 1. The maximum Gasteiger partial charge on any atom is 0.203 e. The van der Waals surface area contributed by atoms with Gasteiger partial charge >= 0.3 is 0 Å². The molecule has 0 bridgehead atoms. The Morgan fingerprint density at radius 2 is 1.61 bits per heavy atom. The molecule has 7 heteroatoms. The fourth-order valence-corrected chi connectivity index (χ4v) is 3.80. The molecule has 1 aliphatic heterocycles. The summed E-state index contributed by atoms with van der Waals surface area (Å²) in [6, 6.07) is 18.5. The van der Waals surface area contributed by atoms with Gasteiger partial charge in [0.15, 0.2) is 0 Å². The third-order valence-corrected chi connectivity index (χ3v) is 5.53. The van der Waals surface area contributed by atoms with E-state index >= 15 is 0 Å². The van der Waals surface area contributed by atoms with Crippen LogP contribution < -0.4 is 4.74 Å². The zero-order valence-electron chi connectivity index (χ0n) is 16.1. The normalized spacial score (nSPS) is 15.6. The van der Waals surface area contributed by atoms with E-state index in [2.05, 4.69) is 45.2 Å². The molecule has 1 aromatic heterocycles. The number of rotatable bonds is 6. The van der Waals surface area contributed by atoms with E-state index in [0.717, 1.165) is 44.2 Å². The molecule has 0 amide bonds. The van der Waals surface area contributed by atoms with Crippen LogP contribution in [0.5, 0.6) is 5.75 Å². The first-order chi connectivity index (χ1) is 13.7. The van der Waals surface area contributed by atoms with Crippen molar-refractivity contribution < 1.29 is 4.74 Å². The molecule has 146 valence electrons. The zero-order valence-corrected chi connectivity index (χ0v) is 16.9. The lowest BCUT2D eigenvalue weighted by atomic mass is 10.2. The molecular weight excluding hydrogens is 370 g/mol. The fourth-order valence-electron chi connectivity index (χ4n) is 3.55. The molecule has 0 spiro atoms. The van der Waals surface area contributed by atoms with Gasteiger partial charge in [-0.3, -0.25) is 14.4 Å².